The van der Waals surface area contributed by atoms with Crippen LogP contribution in [0.25, 0.3) is 0 Å². The highest BCUT2D eigenvalue weighted by Crippen LogP contribution is 2.29. The molecule has 1 heteroatoms. The van der Waals surface area contributed by atoms with Crippen LogP contribution in [0.1, 0.15) is 51.9 Å². The third-order valence-electron chi connectivity index (χ3n) is 3.29. The van der Waals surface area contributed by atoms with Gasteiger partial charge in [-0.3, -0.25) is 0 Å². The van der Waals surface area contributed by atoms with Gasteiger partial charge in [0, 0.05) is 5.54 Å². The van der Waals surface area contributed by atoms with Crippen molar-refractivity contribution in [2.24, 2.45) is 11.7 Å². The minimum atomic E-state index is 0.0713. The Morgan fingerprint density at radius 1 is 1.38 bits per heavy atom. The molecule has 0 aromatic carbocycles. The molecular weight excluding hydrogens is 158 g/mol. The second kappa shape index (κ2) is 4.80. The molecule has 0 atom stereocenters. The Hall–Kier alpha value is -0.300. The lowest BCUT2D eigenvalue weighted by Crippen LogP contribution is -2.40. The Morgan fingerprint density at radius 2 is 1.92 bits per heavy atom. The predicted molar refractivity (Wildman–Crippen MR) is 58.6 cm³/mol. The lowest BCUT2D eigenvalue weighted by Gasteiger charge is -2.31. The Balaban J connectivity index is 2.43. The van der Waals surface area contributed by atoms with E-state index in [1.165, 1.54) is 38.5 Å². The number of hydrogen-bond donors (Lipinski definition) is 1. The zero-order chi connectivity index (χ0) is 9.73. The van der Waals surface area contributed by atoms with E-state index in [1.54, 1.807) is 0 Å². The second-order valence-electron chi connectivity index (χ2n) is 4.74. The van der Waals surface area contributed by atoms with Crippen molar-refractivity contribution >= 4 is 0 Å². The first-order chi connectivity index (χ1) is 6.16. The standard InChI is InChI=1S/C12H23N/c1-3-8-12(13)9-4-6-11(2)7-5-10-12/h3,11H,1,4-10,13H2,2H3. The maximum atomic E-state index is 6.31. The zero-order valence-electron chi connectivity index (χ0n) is 8.89. The Bertz CT molecular complexity index is 153. The first-order valence-electron chi connectivity index (χ1n) is 5.56. The number of hydrogen-bond acceptors (Lipinski definition) is 1. The zero-order valence-corrected chi connectivity index (χ0v) is 8.89. The quantitative estimate of drug-likeness (QED) is 0.650. The topological polar surface area (TPSA) is 26.0 Å². The van der Waals surface area contributed by atoms with Crippen molar-refractivity contribution in [3.63, 3.8) is 0 Å². The molecule has 0 amide bonds. The van der Waals surface area contributed by atoms with Crippen LogP contribution < -0.4 is 5.73 Å². The molecule has 1 fully saturated rings. The van der Waals surface area contributed by atoms with Crippen LogP contribution in [0, 0.1) is 5.92 Å². The van der Waals surface area contributed by atoms with Crippen LogP contribution in [-0.2, 0) is 0 Å². The smallest absolute Gasteiger partial charge is 0.0189 e. The van der Waals surface area contributed by atoms with E-state index in [1.807, 2.05) is 6.08 Å². The largest absolute Gasteiger partial charge is 0.325 e. The molecule has 2 N–H and O–H groups in total. The molecule has 0 unspecified atom stereocenters. The molecule has 0 spiro atoms. The molecule has 1 saturated carbocycles. The van der Waals surface area contributed by atoms with Gasteiger partial charge in [0.25, 0.3) is 0 Å². The van der Waals surface area contributed by atoms with Crippen molar-refractivity contribution in [3.8, 4) is 0 Å². The highest BCUT2D eigenvalue weighted by atomic mass is 14.7. The van der Waals surface area contributed by atoms with Crippen molar-refractivity contribution in [1.29, 1.82) is 0 Å². The van der Waals surface area contributed by atoms with Crippen molar-refractivity contribution in [2.75, 3.05) is 0 Å². The fraction of sp³-hybridized carbons (Fsp3) is 0.833. The van der Waals surface area contributed by atoms with Gasteiger partial charge in [-0.2, -0.15) is 0 Å². The fourth-order valence-corrected chi connectivity index (χ4v) is 2.37. The summed E-state index contributed by atoms with van der Waals surface area (Å²) in [4.78, 5) is 0. The van der Waals surface area contributed by atoms with Gasteiger partial charge in [-0.05, 0) is 25.2 Å². The summed E-state index contributed by atoms with van der Waals surface area (Å²) in [5.74, 6) is 0.910. The van der Waals surface area contributed by atoms with Crippen LogP contribution in [0.2, 0.25) is 0 Å². The van der Waals surface area contributed by atoms with Gasteiger partial charge < -0.3 is 5.73 Å². The van der Waals surface area contributed by atoms with Crippen molar-refractivity contribution in [1.82, 2.24) is 0 Å². The molecule has 1 aliphatic carbocycles. The van der Waals surface area contributed by atoms with E-state index in [-0.39, 0.29) is 5.54 Å². The molecule has 0 heterocycles. The maximum absolute atomic E-state index is 6.31. The van der Waals surface area contributed by atoms with E-state index in [0.29, 0.717) is 0 Å². The van der Waals surface area contributed by atoms with Crippen LogP contribution in [0.4, 0.5) is 0 Å². The van der Waals surface area contributed by atoms with Gasteiger partial charge in [-0.25, -0.2) is 0 Å². The summed E-state index contributed by atoms with van der Waals surface area (Å²) in [6.07, 6.45) is 10.6. The van der Waals surface area contributed by atoms with Gasteiger partial charge in [0.05, 0.1) is 0 Å². The maximum Gasteiger partial charge on any atom is 0.0189 e. The van der Waals surface area contributed by atoms with E-state index in [0.717, 1.165) is 12.3 Å². The summed E-state index contributed by atoms with van der Waals surface area (Å²) in [6, 6.07) is 0. The highest BCUT2D eigenvalue weighted by Gasteiger charge is 2.24. The molecule has 13 heavy (non-hydrogen) atoms. The van der Waals surface area contributed by atoms with E-state index >= 15 is 0 Å². The van der Waals surface area contributed by atoms with Crippen LogP contribution in [0.5, 0.6) is 0 Å². The van der Waals surface area contributed by atoms with Crippen LogP contribution in [0.3, 0.4) is 0 Å². The van der Waals surface area contributed by atoms with Gasteiger partial charge in [0.2, 0.25) is 0 Å². The van der Waals surface area contributed by atoms with Gasteiger partial charge >= 0.3 is 0 Å². The minimum Gasteiger partial charge on any atom is -0.325 e. The Morgan fingerprint density at radius 3 is 2.38 bits per heavy atom. The molecule has 0 aliphatic heterocycles. The lowest BCUT2D eigenvalue weighted by molar-refractivity contribution is 0.288. The Kier molecular flexibility index (Phi) is 3.98. The first-order valence-corrected chi connectivity index (χ1v) is 5.56. The van der Waals surface area contributed by atoms with E-state index in [2.05, 4.69) is 13.5 Å². The molecule has 0 saturated heterocycles. The first kappa shape index (κ1) is 10.8. The molecular formula is C12H23N. The van der Waals surface area contributed by atoms with E-state index < -0.39 is 0 Å². The monoisotopic (exact) mass is 181 g/mol. The summed E-state index contributed by atoms with van der Waals surface area (Å²) in [5, 5.41) is 0. The molecule has 0 bridgehead atoms. The van der Waals surface area contributed by atoms with Crippen LogP contribution in [0.15, 0.2) is 12.7 Å². The van der Waals surface area contributed by atoms with Crippen molar-refractivity contribution < 1.29 is 0 Å². The van der Waals surface area contributed by atoms with Crippen LogP contribution in [-0.4, -0.2) is 5.54 Å². The Labute approximate surface area is 82.4 Å². The summed E-state index contributed by atoms with van der Waals surface area (Å²) >= 11 is 0. The molecule has 1 nitrogen and oxygen atoms in total. The van der Waals surface area contributed by atoms with Crippen molar-refractivity contribution in [2.45, 2.75) is 57.4 Å². The van der Waals surface area contributed by atoms with Gasteiger partial charge in [-0.1, -0.05) is 38.7 Å². The molecule has 0 radical (unpaired) electrons. The van der Waals surface area contributed by atoms with Crippen LogP contribution >= 0.6 is 0 Å². The molecule has 1 aliphatic rings. The molecule has 0 aromatic heterocycles. The van der Waals surface area contributed by atoms with Gasteiger partial charge in [-0.15, -0.1) is 6.58 Å². The van der Waals surface area contributed by atoms with E-state index in [9.17, 15) is 0 Å². The third kappa shape index (κ3) is 3.51. The predicted octanol–water partition coefficient (Wildman–Crippen LogP) is 3.25. The fourth-order valence-electron chi connectivity index (χ4n) is 2.37. The van der Waals surface area contributed by atoms with Gasteiger partial charge in [0.1, 0.15) is 0 Å². The number of nitrogens with two attached hydrogens (primary N) is 1. The SMILES string of the molecule is C=CCC1(N)CCCC(C)CCC1. The van der Waals surface area contributed by atoms with Gasteiger partial charge in [0.15, 0.2) is 0 Å². The van der Waals surface area contributed by atoms with E-state index in [4.69, 9.17) is 5.73 Å². The molecule has 0 aromatic rings. The normalized spacial score (nSPS) is 36.3. The summed E-state index contributed by atoms with van der Waals surface area (Å²) in [6.45, 7) is 6.15. The van der Waals surface area contributed by atoms with Crippen molar-refractivity contribution in [3.05, 3.63) is 12.7 Å². The molecule has 1 rings (SSSR count). The average Bonchev–Trinajstić information content (AvgIpc) is 2.02. The third-order valence-corrected chi connectivity index (χ3v) is 3.29. The molecule has 76 valence electrons. The lowest BCUT2D eigenvalue weighted by atomic mass is 9.80. The average molecular weight is 181 g/mol. The summed E-state index contributed by atoms with van der Waals surface area (Å²) in [7, 11) is 0. The number of rotatable bonds is 2. The summed E-state index contributed by atoms with van der Waals surface area (Å²) in [5.41, 5.74) is 6.38. The highest BCUT2D eigenvalue weighted by molar-refractivity contribution is 4.91. The minimum absolute atomic E-state index is 0.0713. The summed E-state index contributed by atoms with van der Waals surface area (Å²) < 4.78 is 0. The second-order valence-corrected chi connectivity index (χ2v) is 4.74.